The molecule has 1 aliphatic heterocycles. The van der Waals surface area contributed by atoms with Crippen LogP contribution >= 0.6 is 11.8 Å². The highest BCUT2D eigenvalue weighted by molar-refractivity contribution is 7.99. The van der Waals surface area contributed by atoms with Gasteiger partial charge < -0.3 is 5.11 Å². The predicted molar refractivity (Wildman–Crippen MR) is 138 cm³/mol. The Morgan fingerprint density at radius 1 is 0.758 bits per heavy atom. The van der Waals surface area contributed by atoms with Gasteiger partial charge in [0, 0.05) is 4.90 Å². The highest BCUT2D eigenvalue weighted by Gasteiger charge is 2.28. The SMILES string of the molecule is CC1(C)CCSc2ccc(-c3cc(-c4ccc(C(=O)O)cc4)ccc3-c3ccccc3)cc21. The second-order valence-electron chi connectivity index (χ2n) is 9.20. The summed E-state index contributed by atoms with van der Waals surface area (Å²) >= 11 is 1.95. The van der Waals surface area contributed by atoms with E-state index < -0.39 is 5.97 Å². The van der Waals surface area contributed by atoms with Crippen molar-refractivity contribution in [3.05, 3.63) is 102 Å². The van der Waals surface area contributed by atoms with Gasteiger partial charge in [0.2, 0.25) is 0 Å². The van der Waals surface area contributed by atoms with Gasteiger partial charge in [0.05, 0.1) is 5.56 Å². The molecule has 4 aromatic rings. The topological polar surface area (TPSA) is 37.3 Å². The zero-order valence-corrected chi connectivity index (χ0v) is 19.7. The first kappa shape index (κ1) is 21.5. The highest BCUT2D eigenvalue weighted by atomic mass is 32.2. The minimum absolute atomic E-state index is 0.160. The maximum Gasteiger partial charge on any atom is 0.335 e. The first-order chi connectivity index (χ1) is 15.9. The molecule has 1 heterocycles. The molecule has 0 bridgehead atoms. The highest BCUT2D eigenvalue weighted by Crippen LogP contribution is 2.44. The van der Waals surface area contributed by atoms with Crippen molar-refractivity contribution >= 4 is 17.7 Å². The molecular weight excluding hydrogens is 424 g/mol. The summed E-state index contributed by atoms with van der Waals surface area (Å²) in [6, 6.07) is 31.0. The van der Waals surface area contributed by atoms with E-state index in [0.717, 1.165) is 16.9 Å². The Labute approximate surface area is 199 Å². The van der Waals surface area contributed by atoms with E-state index in [0.29, 0.717) is 5.56 Å². The third-order valence-electron chi connectivity index (χ3n) is 6.57. The molecule has 0 aliphatic carbocycles. The lowest BCUT2D eigenvalue weighted by atomic mass is 9.80. The van der Waals surface area contributed by atoms with E-state index in [1.165, 1.54) is 39.1 Å². The van der Waals surface area contributed by atoms with E-state index in [9.17, 15) is 9.90 Å². The predicted octanol–water partition coefficient (Wildman–Crippen LogP) is 8.16. The Bertz CT molecular complexity index is 1320. The molecule has 33 heavy (non-hydrogen) atoms. The number of carbonyl (C=O) groups is 1. The van der Waals surface area contributed by atoms with Gasteiger partial charge in [0.1, 0.15) is 0 Å². The van der Waals surface area contributed by atoms with E-state index in [2.05, 4.69) is 74.5 Å². The van der Waals surface area contributed by atoms with Crippen LogP contribution in [0.4, 0.5) is 0 Å². The fourth-order valence-corrected chi connectivity index (χ4v) is 6.03. The smallest absolute Gasteiger partial charge is 0.335 e. The van der Waals surface area contributed by atoms with Crippen LogP contribution in [-0.2, 0) is 5.41 Å². The lowest BCUT2D eigenvalue weighted by Gasteiger charge is -2.32. The number of benzene rings is 4. The quantitative estimate of drug-likeness (QED) is 0.341. The Hall–Kier alpha value is -3.30. The van der Waals surface area contributed by atoms with Crippen LogP contribution in [0, 0.1) is 0 Å². The second kappa shape index (κ2) is 8.57. The van der Waals surface area contributed by atoms with Gasteiger partial charge in [-0.25, -0.2) is 4.79 Å². The molecule has 0 unspecified atom stereocenters. The van der Waals surface area contributed by atoms with Crippen molar-refractivity contribution in [2.24, 2.45) is 0 Å². The number of hydrogen-bond donors (Lipinski definition) is 1. The first-order valence-corrected chi connectivity index (χ1v) is 12.2. The number of thioether (sulfide) groups is 1. The number of carboxylic acid groups (broad SMARTS) is 1. The molecule has 1 aliphatic rings. The number of rotatable bonds is 4. The fourth-order valence-electron chi connectivity index (χ4n) is 4.54. The molecular formula is C30H26O2S. The van der Waals surface area contributed by atoms with Gasteiger partial charge in [0.15, 0.2) is 0 Å². The molecule has 0 fully saturated rings. The molecule has 0 aromatic heterocycles. The minimum Gasteiger partial charge on any atom is -0.478 e. The van der Waals surface area contributed by atoms with Gasteiger partial charge in [-0.15, -0.1) is 11.8 Å². The fraction of sp³-hybridized carbons (Fsp3) is 0.167. The van der Waals surface area contributed by atoms with Crippen LogP contribution in [0.5, 0.6) is 0 Å². The monoisotopic (exact) mass is 450 g/mol. The molecule has 0 saturated heterocycles. The Morgan fingerprint density at radius 3 is 2.18 bits per heavy atom. The van der Waals surface area contributed by atoms with E-state index >= 15 is 0 Å². The Balaban J connectivity index is 1.67. The van der Waals surface area contributed by atoms with E-state index in [1.807, 2.05) is 30.0 Å². The van der Waals surface area contributed by atoms with Gasteiger partial charge in [-0.2, -0.15) is 0 Å². The van der Waals surface area contributed by atoms with Gasteiger partial charge in [-0.1, -0.05) is 74.5 Å². The maximum absolute atomic E-state index is 11.3. The van der Waals surface area contributed by atoms with Crippen molar-refractivity contribution in [2.45, 2.75) is 30.6 Å². The average Bonchev–Trinajstić information content (AvgIpc) is 2.84. The minimum atomic E-state index is -0.906. The molecule has 0 saturated carbocycles. The second-order valence-corrected chi connectivity index (χ2v) is 10.3. The number of hydrogen-bond acceptors (Lipinski definition) is 2. The van der Waals surface area contributed by atoms with E-state index in [4.69, 9.17) is 0 Å². The lowest BCUT2D eigenvalue weighted by Crippen LogP contribution is -2.22. The van der Waals surface area contributed by atoms with Crippen LogP contribution in [0.25, 0.3) is 33.4 Å². The van der Waals surface area contributed by atoms with Crippen molar-refractivity contribution in [1.29, 1.82) is 0 Å². The summed E-state index contributed by atoms with van der Waals surface area (Å²) in [5, 5.41) is 9.24. The molecule has 4 aromatic carbocycles. The third kappa shape index (κ3) is 4.21. The van der Waals surface area contributed by atoms with Crippen molar-refractivity contribution in [3.63, 3.8) is 0 Å². The standard InChI is InChI=1S/C30H26O2S/c1-30(2)16-17-33-28-15-13-24(19-27(28)30)26-18-23(20-8-10-22(11-9-20)29(31)32)12-14-25(26)21-6-4-3-5-7-21/h3-15,18-19H,16-17H2,1-2H3,(H,31,32). The summed E-state index contributed by atoms with van der Waals surface area (Å²) in [6.07, 6.45) is 1.18. The molecule has 2 nitrogen and oxygen atoms in total. The van der Waals surface area contributed by atoms with Crippen molar-refractivity contribution in [1.82, 2.24) is 0 Å². The van der Waals surface area contributed by atoms with Crippen LogP contribution in [0.3, 0.4) is 0 Å². The Morgan fingerprint density at radius 2 is 1.45 bits per heavy atom. The van der Waals surface area contributed by atoms with Crippen molar-refractivity contribution in [3.8, 4) is 33.4 Å². The number of fused-ring (bicyclic) bond motifs is 1. The molecule has 5 rings (SSSR count). The summed E-state index contributed by atoms with van der Waals surface area (Å²) in [5.74, 6) is 0.257. The molecule has 0 spiro atoms. The molecule has 164 valence electrons. The van der Waals surface area contributed by atoms with Crippen LogP contribution in [0.15, 0.2) is 95.9 Å². The zero-order chi connectivity index (χ0) is 23.0. The summed E-state index contributed by atoms with van der Waals surface area (Å²) in [5.41, 5.74) is 8.76. The average molecular weight is 451 g/mol. The summed E-state index contributed by atoms with van der Waals surface area (Å²) in [7, 11) is 0. The maximum atomic E-state index is 11.3. The van der Waals surface area contributed by atoms with Crippen molar-refractivity contribution in [2.75, 3.05) is 5.75 Å². The molecule has 0 radical (unpaired) electrons. The van der Waals surface area contributed by atoms with Crippen LogP contribution in [0.2, 0.25) is 0 Å². The van der Waals surface area contributed by atoms with Gasteiger partial charge in [-0.3, -0.25) is 0 Å². The Kier molecular flexibility index (Phi) is 5.59. The summed E-state index contributed by atoms with van der Waals surface area (Å²) < 4.78 is 0. The number of carboxylic acids is 1. The molecule has 3 heteroatoms. The van der Waals surface area contributed by atoms with Crippen molar-refractivity contribution < 1.29 is 9.90 Å². The van der Waals surface area contributed by atoms with Crippen LogP contribution in [0.1, 0.15) is 36.2 Å². The first-order valence-electron chi connectivity index (χ1n) is 11.2. The van der Waals surface area contributed by atoms with E-state index in [1.54, 1.807) is 12.1 Å². The van der Waals surface area contributed by atoms with Gasteiger partial charge in [0.25, 0.3) is 0 Å². The summed E-state index contributed by atoms with van der Waals surface area (Å²) in [6.45, 7) is 4.68. The van der Waals surface area contributed by atoms with Crippen LogP contribution in [-0.4, -0.2) is 16.8 Å². The van der Waals surface area contributed by atoms with Crippen LogP contribution < -0.4 is 0 Å². The summed E-state index contributed by atoms with van der Waals surface area (Å²) in [4.78, 5) is 12.6. The molecule has 0 amide bonds. The van der Waals surface area contributed by atoms with Gasteiger partial charge >= 0.3 is 5.97 Å². The normalized spacial score (nSPS) is 14.5. The van der Waals surface area contributed by atoms with E-state index in [-0.39, 0.29) is 5.41 Å². The van der Waals surface area contributed by atoms with Gasteiger partial charge in [-0.05, 0) is 86.9 Å². The number of aromatic carboxylic acids is 1. The molecule has 0 atom stereocenters. The zero-order valence-electron chi connectivity index (χ0n) is 18.8. The molecule has 1 N–H and O–H groups in total. The largest absolute Gasteiger partial charge is 0.478 e. The third-order valence-corrected chi connectivity index (χ3v) is 7.65. The lowest BCUT2D eigenvalue weighted by molar-refractivity contribution is 0.0697.